The molecule has 0 aliphatic carbocycles. The molecule has 3 heteroatoms. The van der Waals surface area contributed by atoms with Gasteiger partial charge in [-0.25, -0.2) is 0 Å². The maximum atomic E-state index is 9.81. The minimum absolute atomic E-state index is 0. The molecule has 0 saturated carbocycles. The molecule has 0 aromatic heterocycles. The van der Waals surface area contributed by atoms with Crippen molar-refractivity contribution in [1.82, 2.24) is 0 Å². The molecular weight excluding hydrogens is 298 g/mol. The molecule has 0 bridgehead atoms. The Kier molecular flexibility index (Phi) is 19.8. The van der Waals surface area contributed by atoms with Crippen LogP contribution in [0.4, 0.5) is 0 Å². The summed E-state index contributed by atoms with van der Waals surface area (Å²) in [7, 11) is 0. The number of carbonyl (C=O) groups is 1. The number of hydrogen-bond acceptors (Lipinski definition) is 1. The molecule has 1 N–H and O–H groups in total. The number of hydrogen-bond donors (Lipinski definition) is 0. The van der Waals surface area contributed by atoms with Gasteiger partial charge in [-0.3, -0.25) is 0 Å². The molecule has 0 saturated heterocycles. The standard InChI is InChI=1S/C4H9NO.C3H7.W/c1-3(2)4(5)6;1-3-2;/h3H,1-2H3,(H2,5,6);3H,1-2H3;/q;-1;+2/p-1. The second kappa shape index (κ2) is 11.9. The maximum absolute atomic E-state index is 9.81. The smallest absolute Gasteiger partial charge is 0.668 e. The average Bonchev–Trinajstić information content (AvgIpc) is 1.68. The van der Waals surface area contributed by atoms with E-state index in [4.69, 9.17) is 5.73 Å². The van der Waals surface area contributed by atoms with Crippen molar-refractivity contribution in [3.63, 3.8) is 0 Å². The van der Waals surface area contributed by atoms with Gasteiger partial charge in [-0.2, -0.15) is 13.8 Å². The fourth-order valence-corrected chi connectivity index (χ4v) is 0. The van der Waals surface area contributed by atoms with Gasteiger partial charge in [0.25, 0.3) is 0 Å². The van der Waals surface area contributed by atoms with E-state index >= 15 is 0 Å². The van der Waals surface area contributed by atoms with Crippen LogP contribution in [0.1, 0.15) is 27.7 Å². The summed E-state index contributed by atoms with van der Waals surface area (Å²) in [4.78, 5) is 9.81. The van der Waals surface area contributed by atoms with Gasteiger partial charge in [-0.15, -0.1) is 0 Å². The Labute approximate surface area is 77.8 Å². The quantitative estimate of drug-likeness (QED) is 0.686. The number of amides is 1. The first kappa shape index (κ1) is 16.6. The van der Waals surface area contributed by atoms with E-state index in [0.717, 1.165) is 0 Å². The average molecular weight is 313 g/mol. The van der Waals surface area contributed by atoms with Crippen LogP contribution in [0.15, 0.2) is 0 Å². The molecule has 10 heavy (non-hydrogen) atoms. The van der Waals surface area contributed by atoms with Crippen LogP contribution in [0.2, 0.25) is 0 Å². The van der Waals surface area contributed by atoms with Crippen molar-refractivity contribution in [2.75, 3.05) is 0 Å². The van der Waals surface area contributed by atoms with Crippen molar-refractivity contribution >= 4 is 5.91 Å². The molecule has 0 aromatic rings. The van der Waals surface area contributed by atoms with Gasteiger partial charge in [-0.05, 0) is 5.92 Å². The molecule has 0 rings (SSSR count). The van der Waals surface area contributed by atoms with Crippen LogP contribution in [0, 0.1) is 12.3 Å². The van der Waals surface area contributed by atoms with E-state index in [1.54, 1.807) is 13.8 Å². The molecule has 0 radical (unpaired) electrons. The van der Waals surface area contributed by atoms with E-state index in [9.17, 15) is 4.79 Å². The molecule has 0 aromatic carbocycles. The molecule has 0 atom stereocenters. The van der Waals surface area contributed by atoms with Gasteiger partial charge in [0.05, 0.1) is 5.91 Å². The largest absolute Gasteiger partial charge is 2.00 e. The van der Waals surface area contributed by atoms with Crippen LogP contribution in [0.25, 0.3) is 5.73 Å². The summed E-state index contributed by atoms with van der Waals surface area (Å²) in [6, 6.07) is 0. The molecule has 1 amide bonds. The molecule has 0 unspecified atom stereocenters. The van der Waals surface area contributed by atoms with Crippen LogP contribution < -0.4 is 0 Å². The van der Waals surface area contributed by atoms with Crippen LogP contribution in [-0.2, 0) is 25.9 Å². The SMILES string of the molecule is CC(C)C([NH-])=O.C[CH-]C.[W+2]. The fraction of sp³-hybridized carbons (Fsp3) is 0.714. The van der Waals surface area contributed by atoms with Crippen molar-refractivity contribution < 1.29 is 25.9 Å². The third kappa shape index (κ3) is 24.2. The zero-order chi connectivity index (χ0) is 7.86. The predicted octanol–water partition coefficient (Wildman–Crippen LogP) is 2.45. The second-order valence-electron chi connectivity index (χ2n) is 2.10. The normalized spacial score (nSPS) is 7.30. The van der Waals surface area contributed by atoms with Gasteiger partial charge in [-0.1, -0.05) is 13.8 Å². The molecule has 0 aliphatic heterocycles. The Morgan fingerprint density at radius 3 is 1.50 bits per heavy atom. The first-order valence-corrected chi connectivity index (χ1v) is 3.05. The number of nitrogens with one attached hydrogen (secondary N) is 1. The summed E-state index contributed by atoms with van der Waals surface area (Å²) in [5, 5.41) is 0. The van der Waals surface area contributed by atoms with Crippen molar-refractivity contribution in [2.45, 2.75) is 27.7 Å². The maximum Gasteiger partial charge on any atom is 2.00 e. The summed E-state index contributed by atoms with van der Waals surface area (Å²) in [5.74, 6) is -0.611. The van der Waals surface area contributed by atoms with Crippen molar-refractivity contribution in [3.05, 3.63) is 12.2 Å². The van der Waals surface area contributed by atoms with Crippen molar-refractivity contribution in [2.24, 2.45) is 5.92 Å². The molecule has 0 heterocycles. The van der Waals surface area contributed by atoms with Gasteiger partial charge >= 0.3 is 21.1 Å². The summed E-state index contributed by atoms with van der Waals surface area (Å²) in [6.45, 7) is 7.41. The predicted molar refractivity (Wildman–Crippen MR) is 39.8 cm³/mol. The van der Waals surface area contributed by atoms with E-state index in [-0.39, 0.29) is 27.0 Å². The van der Waals surface area contributed by atoms with E-state index < -0.39 is 5.91 Å². The molecule has 0 spiro atoms. The molecule has 0 aliphatic rings. The first-order chi connectivity index (χ1) is 4.06. The minimum Gasteiger partial charge on any atom is -0.668 e. The van der Waals surface area contributed by atoms with Gasteiger partial charge in [0.15, 0.2) is 0 Å². The van der Waals surface area contributed by atoms with E-state index in [2.05, 4.69) is 0 Å². The van der Waals surface area contributed by atoms with Crippen LogP contribution in [0.3, 0.4) is 0 Å². The number of carbonyl (C=O) groups excluding carboxylic acids is 1. The Balaban J connectivity index is -0.000000107. The van der Waals surface area contributed by atoms with Gasteiger partial charge in [0.2, 0.25) is 0 Å². The molecule has 2 nitrogen and oxygen atoms in total. The van der Waals surface area contributed by atoms with Gasteiger partial charge in [0, 0.05) is 0 Å². The fourth-order valence-electron chi connectivity index (χ4n) is 0. The van der Waals surface area contributed by atoms with Gasteiger partial charge < -0.3 is 16.9 Å². The minimum atomic E-state index is -0.491. The zero-order valence-corrected chi connectivity index (χ0v) is 9.90. The molecule has 0 fully saturated rings. The van der Waals surface area contributed by atoms with Crippen molar-refractivity contribution in [1.29, 1.82) is 0 Å². The van der Waals surface area contributed by atoms with E-state index in [1.165, 1.54) is 0 Å². The van der Waals surface area contributed by atoms with Crippen LogP contribution in [-0.4, -0.2) is 5.91 Å². The summed E-state index contributed by atoms with van der Waals surface area (Å²) < 4.78 is 0. The molecule has 60 valence electrons. The summed E-state index contributed by atoms with van der Waals surface area (Å²) in [6.07, 6.45) is 2.00. The van der Waals surface area contributed by atoms with E-state index in [0.29, 0.717) is 0 Å². The number of rotatable bonds is 1. The Bertz CT molecular complexity index is 74.0. The van der Waals surface area contributed by atoms with E-state index in [1.807, 2.05) is 20.3 Å². The van der Waals surface area contributed by atoms with Crippen molar-refractivity contribution in [3.8, 4) is 0 Å². The topological polar surface area (TPSA) is 40.9 Å². The molecular formula is C7H15NOW. The third-order valence-corrected chi connectivity index (χ3v) is 0.524. The monoisotopic (exact) mass is 313 g/mol. The van der Waals surface area contributed by atoms with Gasteiger partial charge in [0.1, 0.15) is 0 Å². The Morgan fingerprint density at radius 1 is 1.40 bits per heavy atom. The Hall–Kier alpha value is 0.158. The summed E-state index contributed by atoms with van der Waals surface area (Å²) >= 11 is 0. The zero-order valence-electron chi connectivity index (χ0n) is 6.97. The second-order valence-corrected chi connectivity index (χ2v) is 2.10. The van der Waals surface area contributed by atoms with Crippen LogP contribution >= 0.6 is 0 Å². The first-order valence-electron chi connectivity index (χ1n) is 3.05. The van der Waals surface area contributed by atoms with Crippen LogP contribution in [0.5, 0.6) is 0 Å². The Morgan fingerprint density at radius 2 is 1.50 bits per heavy atom. The summed E-state index contributed by atoms with van der Waals surface area (Å²) in [5.41, 5.74) is 6.39. The third-order valence-electron chi connectivity index (χ3n) is 0.524.